The lowest BCUT2D eigenvalue weighted by Gasteiger charge is -2.05. The van der Waals surface area contributed by atoms with Crippen LogP contribution >= 0.6 is 0 Å². The second-order valence-electron chi connectivity index (χ2n) is 2.92. The van der Waals surface area contributed by atoms with Crippen LogP contribution in [0.4, 0.5) is 17.1 Å². The van der Waals surface area contributed by atoms with Gasteiger partial charge in [0.2, 0.25) is 5.91 Å². The molecule has 6 nitrogen and oxygen atoms in total. The van der Waals surface area contributed by atoms with Crippen LogP contribution in [0.5, 0.6) is 0 Å². The van der Waals surface area contributed by atoms with Gasteiger partial charge in [0, 0.05) is 25.7 Å². The fourth-order valence-corrected chi connectivity index (χ4v) is 1.18. The van der Waals surface area contributed by atoms with Gasteiger partial charge in [0.15, 0.2) is 0 Å². The Balaban J connectivity index is 3.07. The molecule has 1 aromatic carbocycles. The zero-order valence-corrected chi connectivity index (χ0v) is 8.40. The Labute approximate surface area is 86.4 Å². The van der Waals surface area contributed by atoms with Crippen molar-refractivity contribution < 1.29 is 9.72 Å². The largest absolute Gasteiger partial charge is 0.383 e. The lowest BCUT2D eigenvalue weighted by atomic mass is 10.2. The van der Waals surface area contributed by atoms with Crippen LogP contribution in [0.3, 0.4) is 0 Å². The van der Waals surface area contributed by atoms with Crippen LogP contribution in [0.1, 0.15) is 6.92 Å². The summed E-state index contributed by atoms with van der Waals surface area (Å²) in [6, 6.07) is 4.34. The van der Waals surface area contributed by atoms with E-state index in [0.717, 1.165) is 0 Å². The molecule has 0 aliphatic heterocycles. The zero-order valence-electron chi connectivity index (χ0n) is 8.40. The summed E-state index contributed by atoms with van der Waals surface area (Å²) in [5, 5.41) is 15.8. The molecule has 0 aliphatic carbocycles. The van der Waals surface area contributed by atoms with Gasteiger partial charge in [0.05, 0.1) is 4.92 Å². The van der Waals surface area contributed by atoms with Gasteiger partial charge in [0.1, 0.15) is 5.69 Å². The number of anilines is 2. The zero-order chi connectivity index (χ0) is 11.4. The third-order valence-corrected chi connectivity index (χ3v) is 1.78. The van der Waals surface area contributed by atoms with Crippen LogP contribution in [0.25, 0.3) is 0 Å². The highest BCUT2D eigenvalue weighted by molar-refractivity contribution is 5.89. The molecule has 0 bridgehead atoms. The maximum Gasteiger partial charge on any atom is 0.292 e. The molecule has 0 aromatic heterocycles. The van der Waals surface area contributed by atoms with Crippen molar-refractivity contribution in [1.82, 2.24) is 0 Å². The molecule has 80 valence electrons. The van der Waals surface area contributed by atoms with Crippen LogP contribution < -0.4 is 10.6 Å². The molecule has 0 heterocycles. The first-order chi connectivity index (χ1) is 7.04. The minimum absolute atomic E-state index is 0.0217. The van der Waals surface area contributed by atoms with E-state index in [1.54, 1.807) is 7.05 Å². The molecule has 0 fully saturated rings. The van der Waals surface area contributed by atoms with Crippen molar-refractivity contribution in [2.45, 2.75) is 6.92 Å². The van der Waals surface area contributed by atoms with Gasteiger partial charge in [-0.2, -0.15) is 0 Å². The fourth-order valence-electron chi connectivity index (χ4n) is 1.18. The normalized spacial score (nSPS) is 9.47. The number of benzene rings is 1. The summed E-state index contributed by atoms with van der Waals surface area (Å²) in [7, 11) is 1.58. The highest BCUT2D eigenvalue weighted by Crippen LogP contribution is 2.27. The number of nitrogens with one attached hydrogen (secondary N) is 2. The van der Waals surface area contributed by atoms with E-state index in [2.05, 4.69) is 10.6 Å². The molecular weight excluding hydrogens is 198 g/mol. The molecule has 0 atom stereocenters. The number of nitrogens with zero attached hydrogens (tertiary/aromatic N) is 1. The van der Waals surface area contributed by atoms with Gasteiger partial charge in [-0.3, -0.25) is 14.9 Å². The lowest BCUT2D eigenvalue weighted by Crippen LogP contribution is -2.06. The molecule has 1 aromatic rings. The second kappa shape index (κ2) is 4.41. The Kier molecular flexibility index (Phi) is 3.22. The molecule has 1 rings (SSSR count). The van der Waals surface area contributed by atoms with Gasteiger partial charge in [-0.15, -0.1) is 0 Å². The molecule has 0 radical (unpaired) electrons. The smallest absolute Gasteiger partial charge is 0.292 e. The maximum absolute atomic E-state index is 10.8. The highest BCUT2D eigenvalue weighted by atomic mass is 16.6. The molecule has 0 aliphatic rings. The van der Waals surface area contributed by atoms with Gasteiger partial charge < -0.3 is 10.6 Å². The van der Waals surface area contributed by atoms with Crippen molar-refractivity contribution in [1.29, 1.82) is 0 Å². The van der Waals surface area contributed by atoms with Crippen molar-refractivity contribution in [2.75, 3.05) is 17.7 Å². The molecule has 15 heavy (non-hydrogen) atoms. The standard InChI is InChI=1S/C9H11N3O3/c1-6(13)11-7-3-4-9(12(14)15)8(5-7)10-2/h3-5,10H,1-2H3,(H,11,13). The molecule has 0 saturated heterocycles. The van der Waals surface area contributed by atoms with Crippen molar-refractivity contribution in [3.8, 4) is 0 Å². The first kappa shape index (κ1) is 11.0. The minimum atomic E-state index is -0.483. The van der Waals surface area contributed by atoms with Gasteiger partial charge in [-0.1, -0.05) is 0 Å². The van der Waals surface area contributed by atoms with E-state index >= 15 is 0 Å². The van der Waals surface area contributed by atoms with E-state index in [-0.39, 0.29) is 11.6 Å². The van der Waals surface area contributed by atoms with Crippen molar-refractivity contribution in [2.24, 2.45) is 0 Å². The van der Waals surface area contributed by atoms with Gasteiger partial charge in [-0.25, -0.2) is 0 Å². The quantitative estimate of drug-likeness (QED) is 0.584. The third kappa shape index (κ3) is 2.67. The second-order valence-corrected chi connectivity index (χ2v) is 2.92. The predicted octanol–water partition coefficient (Wildman–Crippen LogP) is 1.59. The first-order valence-electron chi connectivity index (χ1n) is 4.28. The van der Waals surface area contributed by atoms with Crippen LogP contribution in [-0.2, 0) is 4.79 Å². The van der Waals surface area contributed by atoms with Crippen LogP contribution in [0, 0.1) is 10.1 Å². The minimum Gasteiger partial charge on any atom is -0.383 e. The summed E-state index contributed by atoms with van der Waals surface area (Å²) in [5.41, 5.74) is 0.871. The molecule has 1 amide bonds. The van der Waals surface area contributed by atoms with E-state index in [4.69, 9.17) is 0 Å². The number of hydrogen-bond acceptors (Lipinski definition) is 4. The number of nitro benzene ring substituents is 1. The number of amides is 1. The summed E-state index contributed by atoms with van der Waals surface area (Å²) in [4.78, 5) is 20.9. The van der Waals surface area contributed by atoms with E-state index in [1.807, 2.05) is 0 Å². The van der Waals surface area contributed by atoms with Crippen molar-refractivity contribution >= 4 is 23.0 Å². The van der Waals surface area contributed by atoms with E-state index in [0.29, 0.717) is 11.4 Å². The highest BCUT2D eigenvalue weighted by Gasteiger charge is 2.12. The maximum atomic E-state index is 10.8. The van der Waals surface area contributed by atoms with Gasteiger partial charge in [-0.05, 0) is 12.1 Å². The average molecular weight is 209 g/mol. The van der Waals surface area contributed by atoms with E-state index in [9.17, 15) is 14.9 Å². The van der Waals surface area contributed by atoms with Gasteiger partial charge >= 0.3 is 0 Å². The van der Waals surface area contributed by atoms with Gasteiger partial charge in [0.25, 0.3) is 5.69 Å². The van der Waals surface area contributed by atoms with E-state index in [1.165, 1.54) is 25.1 Å². The summed E-state index contributed by atoms with van der Waals surface area (Å²) < 4.78 is 0. The number of nitro groups is 1. The summed E-state index contributed by atoms with van der Waals surface area (Å²) >= 11 is 0. The van der Waals surface area contributed by atoms with E-state index < -0.39 is 4.92 Å². The first-order valence-corrected chi connectivity index (χ1v) is 4.28. The Hall–Kier alpha value is -2.11. The Bertz CT molecular complexity index is 404. The monoisotopic (exact) mass is 209 g/mol. The summed E-state index contributed by atoms with van der Waals surface area (Å²) in [6.45, 7) is 1.38. The average Bonchev–Trinajstić information content (AvgIpc) is 2.16. The lowest BCUT2D eigenvalue weighted by molar-refractivity contribution is -0.383. The fraction of sp³-hybridized carbons (Fsp3) is 0.222. The molecule has 6 heteroatoms. The predicted molar refractivity (Wildman–Crippen MR) is 56.9 cm³/mol. The van der Waals surface area contributed by atoms with Crippen LogP contribution in [-0.4, -0.2) is 17.9 Å². The molecular formula is C9H11N3O3. The van der Waals surface area contributed by atoms with Crippen molar-refractivity contribution in [3.63, 3.8) is 0 Å². The molecule has 0 unspecified atom stereocenters. The van der Waals surface area contributed by atoms with Crippen molar-refractivity contribution in [3.05, 3.63) is 28.3 Å². The number of carbonyl (C=O) groups excluding carboxylic acids is 1. The van der Waals surface area contributed by atoms with Crippen LogP contribution in [0.2, 0.25) is 0 Å². The summed E-state index contributed by atoms with van der Waals surface area (Å²) in [6.07, 6.45) is 0. The topological polar surface area (TPSA) is 84.3 Å². The number of carbonyl (C=O) groups is 1. The Morgan fingerprint density at radius 1 is 1.47 bits per heavy atom. The SMILES string of the molecule is CNc1cc(NC(C)=O)ccc1[N+](=O)[O-]. The molecule has 0 saturated carbocycles. The molecule has 2 N–H and O–H groups in total. The number of hydrogen-bond donors (Lipinski definition) is 2. The molecule has 0 spiro atoms. The third-order valence-electron chi connectivity index (χ3n) is 1.78. The Morgan fingerprint density at radius 3 is 2.60 bits per heavy atom. The van der Waals surface area contributed by atoms with Crippen LogP contribution in [0.15, 0.2) is 18.2 Å². The number of rotatable bonds is 3. The summed E-state index contributed by atoms with van der Waals surface area (Å²) in [5.74, 6) is -0.217. The Morgan fingerprint density at radius 2 is 2.13 bits per heavy atom.